The van der Waals surface area contributed by atoms with E-state index in [1.54, 1.807) is 17.5 Å². The van der Waals surface area contributed by atoms with Crippen molar-refractivity contribution in [3.05, 3.63) is 77.2 Å². The lowest BCUT2D eigenvalue weighted by Gasteiger charge is -2.17. The third-order valence-corrected chi connectivity index (χ3v) is 8.44. The first kappa shape index (κ1) is 18.7. The van der Waals surface area contributed by atoms with Crippen molar-refractivity contribution in [1.29, 1.82) is 0 Å². The van der Waals surface area contributed by atoms with Crippen LogP contribution in [0.25, 0.3) is 27.0 Å². The summed E-state index contributed by atoms with van der Waals surface area (Å²) in [5.41, 5.74) is 9.18. The number of hydrogen-bond donors (Lipinski definition) is 0. The van der Waals surface area contributed by atoms with Gasteiger partial charge in [0.1, 0.15) is 0 Å². The van der Waals surface area contributed by atoms with Crippen molar-refractivity contribution in [2.24, 2.45) is 0 Å². The van der Waals surface area contributed by atoms with Crippen molar-refractivity contribution < 1.29 is 8.42 Å². The number of hydrogen-bond acceptors (Lipinski definition) is 6. The highest BCUT2D eigenvalue weighted by molar-refractivity contribution is 7.93. The van der Waals surface area contributed by atoms with Gasteiger partial charge in [-0.25, -0.2) is 18.4 Å². The van der Waals surface area contributed by atoms with Crippen LogP contribution in [-0.2, 0) is 16.4 Å². The molecule has 2 aliphatic rings. The van der Waals surface area contributed by atoms with E-state index in [2.05, 4.69) is 28.2 Å². The molecule has 1 aliphatic heterocycles. The molecule has 6 rings (SSSR count). The maximum atomic E-state index is 12.3. The number of aromatic nitrogens is 3. The zero-order chi connectivity index (χ0) is 21.0. The third kappa shape index (κ3) is 3.14. The summed E-state index contributed by atoms with van der Waals surface area (Å²) in [6.45, 7) is 0.522. The average molecular weight is 447 g/mol. The monoisotopic (exact) mass is 446 g/mol. The number of nitrogens with zero attached hydrogens (tertiary/aromatic N) is 4. The molecular weight excluding hydrogens is 428 g/mol. The van der Waals surface area contributed by atoms with Gasteiger partial charge in [0.15, 0.2) is 0 Å². The second kappa shape index (κ2) is 6.96. The van der Waals surface area contributed by atoms with Crippen LogP contribution in [0, 0.1) is 0 Å². The van der Waals surface area contributed by atoms with Gasteiger partial charge in [-0.1, -0.05) is 24.3 Å². The van der Waals surface area contributed by atoms with Crippen LogP contribution >= 0.6 is 11.3 Å². The molecule has 8 heteroatoms. The number of allylic oxidation sites excluding steroid dienone is 1. The van der Waals surface area contributed by atoms with Gasteiger partial charge in [0.2, 0.25) is 10.0 Å². The Morgan fingerprint density at radius 2 is 1.97 bits per heavy atom. The van der Waals surface area contributed by atoms with Crippen LogP contribution in [-0.4, -0.2) is 35.7 Å². The summed E-state index contributed by atoms with van der Waals surface area (Å²) in [5, 5.41) is 0. The number of thiazole rings is 1. The van der Waals surface area contributed by atoms with Crippen molar-refractivity contribution in [1.82, 2.24) is 15.0 Å². The molecule has 0 saturated carbocycles. The first-order chi connectivity index (χ1) is 15.1. The van der Waals surface area contributed by atoms with Crippen LogP contribution < -0.4 is 4.31 Å². The van der Waals surface area contributed by atoms with Crippen molar-refractivity contribution in [2.45, 2.75) is 12.8 Å². The van der Waals surface area contributed by atoms with Crippen molar-refractivity contribution in [3.63, 3.8) is 0 Å². The van der Waals surface area contributed by atoms with Gasteiger partial charge < -0.3 is 0 Å². The van der Waals surface area contributed by atoms with Crippen LogP contribution in [0.5, 0.6) is 0 Å². The van der Waals surface area contributed by atoms with E-state index < -0.39 is 10.0 Å². The van der Waals surface area contributed by atoms with Crippen LogP contribution in [0.3, 0.4) is 0 Å². The van der Waals surface area contributed by atoms with Crippen LogP contribution in [0.15, 0.2) is 60.2 Å². The van der Waals surface area contributed by atoms with Gasteiger partial charge in [-0.3, -0.25) is 9.29 Å². The summed E-state index contributed by atoms with van der Waals surface area (Å²) >= 11 is 1.63. The second-order valence-corrected chi connectivity index (χ2v) is 10.6. The number of fused-ring (bicyclic) bond motifs is 2. The zero-order valence-electron chi connectivity index (χ0n) is 16.5. The summed E-state index contributed by atoms with van der Waals surface area (Å²) in [4.78, 5) is 14.0. The molecule has 6 nitrogen and oxygen atoms in total. The fraction of sp³-hybridized carbons (Fsp3) is 0.174. The molecule has 2 aromatic carbocycles. The van der Waals surface area contributed by atoms with Gasteiger partial charge in [-0.2, -0.15) is 0 Å². The van der Waals surface area contributed by atoms with E-state index >= 15 is 0 Å². The Bertz CT molecular complexity index is 1470. The molecule has 0 amide bonds. The lowest BCUT2D eigenvalue weighted by Crippen LogP contribution is -2.24. The van der Waals surface area contributed by atoms with Crippen LogP contribution in [0.1, 0.15) is 23.4 Å². The van der Waals surface area contributed by atoms with Gasteiger partial charge in [0, 0.05) is 24.1 Å². The summed E-state index contributed by atoms with van der Waals surface area (Å²) in [5.74, 6) is 0.203. The minimum Gasteiger partial charge on any atom is -0.270 e. The minimum absolute atomic E-state index is 0.203. The fourth-order valence-corrected chi connectivity index (χ4v) is 6.51. The summed E-state index contributed by atoms with van der Waals surface area (Å²) in [6.07, 6.45) is 5.36. The quantitative estimate of drug-likeness (QED) is 0.469. The zero-order valence-corrected chi connectivity index (χ0v) is 18.2. The van der Waals surface area contributed by atoms with E-state index in [0.29, 0.717) is 18.7 Å². The standard InChI is InChI=1S/C23H18N4O2S2/c28-31(29)10-2-9-27(31)17-4-1-3-16(11-17)21-13-24-20-8-6-18(23(20)26-21)15-5-7-19-22(12-15)30-14-25-19/h1,3-7,11-14H,2,8-10H2. The SMILES string of the molecule is O=S1(=O)CCCN1c1cccc(-c2cnc3c(n2)C(c2ccc4ncsc4c2)=CC3)c1. The molecule has 1 aliphatic carbocycles. The second-order valence-electron chi connectivity index (χ2n) is 7.70. The van der Waals surface area contributed by atoms with Crippen LogP contribution in [0.2, 0.25) is 0 Å². The first-order valence-corrected chi connectivity index (χ1v) is 12.6. The Balaban J connectivity index is 1.39. The Hall–Kier alpha value is -3.10. The van der Waals surface area contributed by atoms with Crippen molar-refractivity contribution in [2.75, 3.05) is 16.6 Å². The minimum atomic E-state index is -3.22. The Morgan fingerprint density at radius 3 is 2.84 bits per heavy atom. The third-order valence-electron chi connectivity index (χ3n) is 5.77. The molecular formula is C23H18N4O2S2. The molecule has 0 atom stereocenters. The molecule has 0 spiro atoms. The largest absolute Gasteiger partial charge is 0.270 e. The number of rotatable bonds is 3. The maximum Gasteiger partial charge on any atom is 0.235 e. The highest BCUT2D eigenvalue weighted by atomic mass is 32.2. The molecule has 0 N–H and O–H groups in total. The van der Waals surface area contributed by atoms with E-state index in [1.807, 2.05) is 35.8 Å². The van der Waals surface area contributed by atoms with E-state index in [4.69, 9.17) is 4.98 Å². The number of sulfonamides is 1. The van der Waals surface area contributed by atoms with Crippen molar-refractivity contribution in [3.8, 4) is 11.3 Å². The summed E-state index contributed by atoms with van der Waals surface area (Å²) in [6, 6.07) is 13.8. The van der Waals surface area contributed by atoms with Gasteiger partial charge >= 0.3 is 0 Å². The molecule has 1 fully saturated rings. The Labute approximate surface area is 184 Å². The molecule has 4 aromatic rings. The first-order valence-electron chi connectivity index (χ1n) is 10.1. The van der Waals surface area contributed by atoms with Gasteiger partial charge in [-0.05, 0) is 36.2 Å². The fourth-order valence-electron chi connectivity index (χ4n) is 4.24. The van der Waals surface area contributed by atoms with Crippen molar-refractivity contribution >= 4 is 42.8 Å². The van der Waals surface area contributed by atoms with Crippen LogP contribution in [0.4, 0.5) is 5.69 Å². The lowest BCUT2D eigenvalue weighted by atomic mass is 10.0. The van der Waals surface area contributed by atoms with E-state index in [-0.39, 0.29) is 5.75 Å². The molecule has 1 saturated heterocycles. The molecule has 0 radical (unpaired) electrons. The predicted octanol–water partition coefficient (Wildman–Crippen LogP) is 4.28. The molecule has 154 valence electrons. The highest BCUT2D eigenvalue weighted by Crippen LogP contribution is 2.34. The Morgan fingerprint density at radius 1 is 1.03 bits per heavy atom. The molecule has 2 aromatic heterocycles. The maximum absolute atomic E-state index is 12.3. The molecule has 3 heterocycles. The topological polar surface area (TPSA) is 76.1 Å². The summed E-state index contributed by atoms with van der Waals surface area (Å²) in [7, 11) is -3.22. The Kier molecular flexibility index (Phi) is 4.19. The predicted molar refractivity (Wildman–Crippen MR) is 124 cm³/mol. The average Bonchev–Trinajstić information content (AvgIpc) is 3.50. The lowest BCUT2D eigenvalue weighted by molar-refractivity contribution is 0.599. The normalized spacial score (nSPS) is 17.2. The molecule has 0 unspecified atom stereocenters. The van der Waals surface area contributed by atoms with E-state index in [0.717, 1.165) is 50.4 Å². The van der Waals surface area contributed by atoms with E-state index in [1.165, 1.54) is 4.31 Å². The highest BCUT2D eigenvalue weighted by Gasteiger charge is 2.28. The molecule has 31 heavy (non-hydrogen) atoms. The van der Waals surface area contributed by atoms with E-state index in [9.17, 15) is 8.42 Å². The van der Waals surface area contributed by atoms with Gasteiger partial charge in [-0.15, -0.1) is 11.3 Å². The number of benzene rings is 2. The van der Waals surface area contributed by atoms with Gasteiger partial charge in [0.25, 0.3) is 0 Å². The smallest absolute Gasteiger partial charge is 0.235 e. The summed E-state index contributed by atoms with van der Waals surface area (Å²) < 4.78 is 27.3. The number of anilines is 1. The molecule has 0 bridgehead atoms. The van der Waals surface area contributed by atoms with Gasteiger partial charge in [0.05, 0.1) is 50.4 Å².